The van der Waals surface area contributed by atoms with Gasteiger partial charge < -0.3 is 15.0 Å². The Morgan fingerprint density at radius 2 is 2.11 bits per heavy atom. The van der Waals surface area contributed by atoms with E-state index < -0.39 is 5.97 Å². The van der Waals surface area contributed by atoms with Crippen molar-refractivity contribution in [3.05, 3.63) is 17.7 Å². The van der Waals surface area contributed by atoms with Crippen LogP contribution in [0.5, 0.6) is 0 Å². The van der Waals surface area contributed by atoms with Crippen LogP contribution in [0.25, 0.3) is 0 Å². The van der Waals surface area contributed by atoms with Gasteiger partial charge in [0.25, 0.3) is 0 Å². The Morgan fingerprint density at radius 1 is 1.50 bits per heavy atom. The molecule has 6 heteroatoms. The number of aryl methyl sites for hydroxylation is 1. The first-order valence-electron chi connectivity index (χ1n) is 5.83. The molecule has 1 rings (SSSR count). The summed E-state index contributed by atoms with van der Waals surface area (Å²) in [5.74, 6) is -0.791. The van der Waals surface area contributed by atoms with E-state index in [4.69, 9.17) is 5.11 Å². The maximum atomic E-state index is 11.9. The van der Waals surface area contributed by atoms with Crippen LogP contribution in [0.1, 0.15) is 43.5 Å². The first kappa shape index (κ1) is 14.2. The van der Waals surface area contributed by atoms with Gasteiger partial charge in [0.05, 0.1) is 6.20 Å². The molecule has 1 heterocycles. The van der Waals surface area contributed by atoms with Crippen LogP contribution in [0.15, 0.2) is 6.20 Å². The lowest BCUT2D eigenvalue weighted by molar-refractivity contribution is -0.123. The van der Waals surface area contributed by atoms with E-state index in [1.54, 1.807) is 6.92 Å². The normalized spacial score (nSPS) is 11.3. The molecule has 0 unspecified atom stereocenters. The molecule has 0 radical (unpaired) electrons. The van der Waals surface area contributed by atoms with Crippen molar-refractivity contribution in [3.8, 4) is 0 Å². The minimum Gasteiger partial charge on any atom is -0.477 e. The number of rotatable bonds is 5. The number of imidazole rings is 1. The number of aromatic carboxylic acids is 1. The fourth-order valence-corrected chi connectivity index (χ4v) is 1.49. The highest BCUT2D eigenvalue weighted by Crippen LogP contribution is 2.08. The second-order valence-electron chi connectivity index (χ2n) is 4.87. The molecule has 0 aliphatic carbocycles. The van der Waals surface area contributed by atoms with E-state index in [9.17, 15) is 9.59 Å². The Bertz CT molecular complexity index is 463. The Morgan fingerprint density at radius 3 is 2.61 bits per heavy atom. The zero-order valence-corrected chi connectivity index (χ0v) is 11.1. The van der Waals surface area contributed by atoms with Gasteiger partial charge >= 0.3 is 5.97 Å². The van der Waals surface area contributed by atoms with Gasteiger partial charge in [0.15, 0.2) is 0 Å². The van der Waals surface area contributed by atoms with Crippen LogP contribution in [0.2, 0.25) is 0 Å². The molecule has 1 amide bonds. The summed E-state index contributed by atoms with van der Waals surface area (Å²) in [5.41, 5.74) is -0.272. The molecule has 0 atom stereocenters. The van der Waals surface area contributed by atoms with Crippen LogP contribution < -0.4 is 5.32 Å². The zero-order valence-electron chi connectivity index (χ0n) is 11.1. The third-order valence-electron chi connectivity index (χ3n) is 2.94. The Kier molecular flexibility index (Phi) is 4.11. The largest absolute Gasteiger partial charge is 0.477 e. The number of amides is 1. The molecular formula is C12H19N3O3. The maximum absolute atomic E-state index is 11.9. The van der Waals surface area contributed by atoms with E-state index in [2.05, 4.69) is 10.3 Å². The summed E-state index contributed by atoms with van der Waals surface area (Å²) in [5, 5.41) is 11.8. The highest BCUT2D eigenvalue weighted by atomic mass is 16.4. The molecule has 0 bridgehead atoms. The number of carboxylic acid groups (broad SMARTS) is 1. The molecule has 0 aliphatic heterocycles. The highest BCUT2D eigenvalue weighted by molar-refractivity contribution is 5.86. The second-order valence-corrected chi connectivity index (χ2v) is 4.87. The van der Waals surface area contributed by atoms with Crippen LogP contribution in [0, 0.1) is 6.92 Å². The number of nitrogens with zero attached hydrogens (tertiary/aromatic N) is 2. The zero-order chi connectivity index (χ0) is 13.9. The van der Waals surface area contributed by atoms with E-state index >= 15 is 0 Å². The standard InChI is InChI=1S/C12H19N3O3/c1-5-12(3,4)14-10(16)7-15-8(2)13-6-9(15)11(17)18/h6H,5,7H2,1-4H3,(H,14,16)(H,17,18). The summed E-state index contributed by atoms with van der Waals surface area (Å²) >= 11 is 0. The summed E-state index contributed by atoms with van der Waals surface area (Å²) in [6, 6.07) is 0. The van der Waals surface area contributed by atoms with E-state index in [0.29, 0.717) is 5.82 Å². The lowest BCUT2D eigenvalue weighted by atomic mass is 10.0. The summed E-state index contributed by atoms with van der Waals surface area (Å²) in [7, 11) is 0. The third kappa shape index (κ3) is 3.32. The van der Waals surface area contributed by atoms with Gasteiger partial charge in [-0.2, -0.15) is 0 Å². The quantitative estimate of drug-likeness (QED) is 0.825. The fourth-order valence-electron chi connectivity index (χ4n) is 1.49. The summed E-state index contributed by atoms with van der Waals surface area (Å²) in [6.07, 6.45) is 2.06. The Labute approximate surface area is 106 Å². The van der Waals surface area contributed by atoms with Crippen molar-refractivity contribution in [2.75, 3.05) is 0 Å². The van der Waals surface area contributed by atoms with E-state index in [0.717, 1.165) is 6.42 Å². The number of carboxylic acids is 1. The van der Waals surface area contributed by atoms with Gasteiger partial charge in [0.2, 0.25) is 5.91 Å². The minimum atomic E-state index is -1.09. The highest BCUT2D eigenvalue weighted by Gasteiger charge is 2.20. The topological polar surface area (TPSA) is 84.2 Å². The molecule has 0 aromatic carbocycles. The first-order chi connectivity index (χ1) is 8.26. The SMILES string of the molecule is CCC(C)(C)NC(=O)Cn1c(C(=O)O)cnc1C. The number of aromatic nitrogens is 2. The van der Waals surface area contributed by atoms with E-state index in [1.807, 2.05) is 20.8 Å². The molecule has 1 aromatic heterocycles. The Hall–Kier alpha value is -1.85. The molecule has 0 spiro atoms. The lowest BCUT2D eigenvalue weighted by Gasteiger charge is -2.24. The molecule has 100 valence electrons. The monoisotopic (exact) mass is 253 g/mol. The molecule has 0 saturated carbocycles. The van der Waals surface area contributed by atoms with E-state index in [1.165, 1.54) is 10.8 Å². The van der Waals surface area contributed by atoms with Gasteiger partial charge in [-0.05, 0) is 27.2 Å². The van der Waals surface area contributed by atoms with Crippen molar-refractivity contribution in [3.63, 3.8) is 0 Å². The molecule has 6 nitrogen and oxygen atoms in total. The smallest absolute Gasteiger partial charge is 0.354 e. The third-order valence-corrected chi connectivity index (χ3v) is 2.94. The van der Waals surface area contributed by atoms with Gasteiger partial charge in [0.1, 0.15) is 18.1 Å². The van der Waals surface area contributed by atoms with Crippen molar-refractivity contribution in [2.24, 2.45) is 0 Å². The van der Waals surface area contributed by atoms with Crippen molar-refractivity contribution in [2.45, 2.75) is 46.2 Å². The number of hydrogen-bond donors (Lipinski definition) is 2. The number of nitrogens with one attached hydrogen (secondary N) is 1. The van der Waals surface area contributed by atoms with Crippen LogP contribution in [0.3, 0.4) is 0 Å². The van der Waals surface area contributed by atoms with Crippen LogP contribution in [-0.2, 0) is 11.3 Å². The van der Waals surface area contributed by atoms with Crippen molar-refractivity contribution < 1.29 is 14.7 Å². The predicted molar refractivity (Wildman–Crippen MR) is 66.4 cm³/mol. The van der Waals surface area contributed by atoms with Crippen molar-refractivity contribution in [1.29, 1.82) is 0 Å². The molecule has 0 aliphatic rings. The van der Waals surface area contributed by atoms with Gasteiger partial charge in [-0.1, -0.05) is 6.92 Å². The molecule has 18 heavy (non-hydrogen) atoms. The second kappa shape index (κ2) is 5.20. The van der Waals surface area contributed by atoms with Crippen LogP contribution in [-0.4, -0.2) is 32.1 Å². The average Bonchev–Trinajstić information content (AvgIpc) is 2.60. The average molecular weight is 253 g/mol. The molecule has 0 fully saturated rings. The summed E-state index contributed by atoms with van der Waals surface area (Å²) in [4.78, 5) is 26.7. The predicted octanol–water partition coefficient (Wildman–Crippen LogP) is 1.19. The molecule has 2 N–H and O–H groups in total. The fraction of sp³-hybridized carbons (Fsp3) is 0.583. The first-order valence-corrected chi connectivity index (χ1v) is 5.83. The van der Waals surface area contributed by atoms with Crippen LogP contribution >= 0.6 is 0 Å². The minimum absolute atomic E-state index is 0.0250. The van der Waals surface area contributed by atoms with Crippen LogP contribution in [0.4, 0.5) is 0 Å². The molecular weight excluding hydrogens is 234 g/mol. The summed E-state index contributed by atoms with van der Waals surface area (Å²) < 4.78 is 1.39. The van der Waals surface area contributed by atoms with Gasteiger partial charge in [0, 0.05) is 5.54 Å². The Balaban J connectivity index is 2.82. The van der Waals surface area contributed by atoms with Gasteiger partial charge in [-0.15, -0.1) is 0 Å². The maximum Gasteiger partial charge on any atom is 0.354 e. The number of hydrogen-bond acceptors (Lipinski definition) is 3. The van der Waals surface area contributed by atoms with Gasteiger partial charge in [-0.25, -0.2) is 9.78 Å². The molecule has 0 saturated heterocycles. The van der Waals surface area contributed by atoms with Crippen molar-refractivity contribution in [1.82, 2.24) is 14.9 Å². The van der Waals surface area contributed by atoms with E-state index in [-0.39, 0.29) is 23.7 Å². The number of carbonyl (C=O) groups is 2. The number of carbonyl (C=O) groups excluding carboxylic acids is 1. The summed E-state index contributed by atoms with van der Waals surface area (Å²) in [6.45, 7) is 7.46. The van der Waals surface area contributed by atoms with Gasteiger partial charge in [-0.3, -0.25) is 4.79 Å². The molecule has 1 aromatic rings. The van der Waals surface area contributed by atoms with Crippen molar-refractivity contribution >= 4 is 11.9 Å². The lowest BCUT2D eigenvalue weighted by Crippen LogP contribution is -2.44.